The molecule has 1 aromatic heterocycles. The van der Waals surface area contributed by atoms with Crippen molar-refractivity contribution < 1.29 is 14.6 Å². The van der Waals surface area contributed by atoms with E-state index in [1.807, 2.05) is 24.3 Å². The lowest BCUT2D eigenvalue weighted by molar-refractivity contribution is 0.0690. The van der Waals surface area contributed by atoms with Crippen molar-refractivity contribution in [2.24, 2.45) is 0 Å². The topological polar surface area (TPSA) is 72.3 Å². The number of unbranched alkanes of at least 4 members (excludes halogenated alkanes) is 5. The molecule has 0 aliphatic rings. The highest BCUT2D eigenvalue weighted by Crippen LogP contribution is 2.20. The minimum absolute atomic E-state index is 0.0577. The molecule has 1 N–H and O–H groups in total. The van der Waals surface area contributed by atoms with Gasteiger partial charge in [-0.15, -0.1) is 0 Å². The van der Waals surface area contributed by atoms with Crippen molar-refractivity contribution in [3.05, 3.63) is 42.4 Å². The molecule has 0 aliphatic carbocycles. The van der Waals surface area contributed by atoms with Crippen molar-refractivity contribution in [3.8, 4) is 17.0 Å². The summed E-state index contributed by atoms with van der Waals surface area (Å²) in [6.45, 7) is 2.96. The van der Waals surface area contributed by atoms with E-state index in [0.29, 0.717) is 5.69 Å². The first-order valence-electron chi connectivity index (χ1n) is 8.49. The molecule has 0 unspecified atom stereocenters. The molecule has 0 atom stereocenters. The molecule has 1 heterocycles. The lowest BCUT2D eigenvalue weighted by atomic mass is 10.1. The fourth-order valence-corrected chi connectivity index (χ4v) is 2.38. The maximum absolute atomic E-state index is 10.8. The minimum atomic E-state index is -1.08. The maximum Gasteiger partial charge on any atom is 0.356 e. The Morgan fingerprint density at radius 1 is 1.00 bits per heavy atom. The molecule has 0 bridgehead atoms. The molecule has 2 aromatic rings. The van der Waals surface area contributed by atoms with Gasteiger partial charge >= 0.3 is 5.97 Å². The van der Waals surface area contributed by atoms with E-state index in [2.05, 4.69) is 16.9 Å². The monoisotopic (exact) mass is 328 g/mol. The molecule has 0 aliphatic heterocycles. The van der Waals surface area contributed by atoms with Gasteiger partial charge in [0, 0.05) is 5.56 Å². The predicted octanol–water partition coefficient (Wildman–Crippen LogP) is 4.58. The van der Waals surface area contributed by atoms with Gasteiger partial charge in [0.25, 0.3) is 0 Å². The van der Waals surface area contributed by atoms with Gasteiger partial charge in [0.1, 0.15) is 5.75 Å². The third kappa shape index (κ3) is 5.65. The van der Waals surface area contributed by atoms with Crippen LogP contribution in [0.4, 0.5) is 0 Å². The summed E-state index contributed by atoms with van der Waals surface area (Å²) in [7, 11) is 0. The van der Waals surface area contributed by atoms with Crippen molar-refractivity contribution in [2.75, 3.05) is 6.61 Å². The second-order valence-corrected chi connectivity index (χ2v) is 5.73. The summed E-state index contributed by atoms with van der Waals surface area (Å²) in [6.07, 6.45) is 10.2. The molecule has 1 aromatic carbocycles. The largest absolute Gasteiger partial charge is 0.494 e. The molecular weight excluding hydrogens is 304 g/mol. The number of carboxylic acids is 1. The van der Waals surface area contributed by atoms with E-state index >= 15 is 0 Å². The Kier molecular flexibility index (Phi) is 7.21. The number of hydrogen-bond acceptors (Lipinski definition) is 4. The first-order valence-corrected chi connectivity index (χ1v) is 8.49. The fraction of sp³-hybridized carbons (Fsp3) is 0.421. The van der Waals surface area contributed by atoms with Gasteiger partial charge in [0.2, 0.25) is 0 Å². The van der Waals surface area contributed by atoms with E-state index < -0.39 is 5.97 Å². The van der Waals surface area contributed by atoms with Crippen LogP contribution in [0.1, 0.15) is 55.9 Å². The van der Waals surface area contributed by atoms with E-state index in [0.717, 1.165) is 24.3 Å². The molecule has 0 amide bonds. The van der Waals surface area contributed by atoms with Crippen LogP contribution in [0.5, 0.6) is 5.75 Å². The second kappa shape index (κ2) is 9.65. The van der Waals surface area contributed by atoms with Gasteiger partial charge in [-0.1, -0.05) is 39.0 Å². The Balaban J connectivity index is 1.79. The van der Waals surface area contributed by atoms with E-state index in [1.54, 1.807) is 0 Å². The lowest BCUT2D eigenvalue weighted by Gasteiger charge is -2.07. The average Bonchev–Trinajstić information content (AvgIpc) is 2.61. The quantitative estimate of drug-likeness (QED) is 0.646. The normalized spacial score (nSPS) is 10.5. The lowest BCUT2D eigenvalue weighted by Crippen LogP contribution is -2.01. The van der Waals surface area contributed by atoms with Crippen molar-refractivity contribution >= 4 is 5.97 Å². The van der Waals surface area contributed by atoms with Crippen LogP contribution in [0.2, 0.25) is 0 Å². The van der Waals surface area contributed by atoms with Crippen LogP contribution in [0.3, 0.4) is 0 Å². The zero-order chi connectivity index (χ0) is 17.2. The van der Waals surface area contributed by atoms with E-state index in [9.17, 15) is 4.79 Å². The first-order chi connectivity index (χ1) is 11.7. The molecule has 24 heavy (non-hydrogen) atoms. The number of benzene rings is 1. The minimum Gasteiger partial charge on any atom is -0.494 e. The van der Waals surface area contributed by atoms with Crippen LogP contribution in [0, 0.1) is 0 Å². The summed E-state index contributed by atoms with van der Waals surface area (Å²) in [4.78, 5) is 18.8. The van der Waals surface area contributed by atoms with Gasteiger partial charge in [-0.25, -0.2) is 9.78 Å². The van der Waals surface area contributed by atoms with E-state index in [1.165, 1.54) is 44.5 Å². The third-order valence-electron chi connectivity index (χ3n) is 3.79. The standard InChI is InChI=1S/C19H24N2O3/c1-2-3-4-5-6-7-12-24-16-10-8-15(9-11-16)17-13-21-18(14-20-17)19(22)23/h8-11,13-14H,2-7,12H2,1H3,(H,22,23). The van der Waals surface area contributed by atoms with Crippen molar-refractivity contribution in [3.63, 3.8) is 0 Å². The van der Waals surface area contributed by atoms with Crippen molar-refractivity contribution in [1.82, 2.24) is 9.97 Å². The van der Waals surface area contributed by atoms with Crippen LogP contribution in [-0.4, -0.2) is 27.7 Å². The van der Waals surface area contributed by atoms with Crippen LogP contribution < -0.4 is 4.74 Å². The molecule has 0 saturated heterocycles. The summed E-state index contributed by atoms with van der Waals surface area (Å²) in [5.74, 6) is -0.241. The molecule has 5 heteroatoms. The highest BCUT2D eigenvalue weighted by molar-refractivity contribution is 5.85. The Morgan fingerprint density at radius 3 is 2.33 bits per heavy atom. The Labute approximate surface area is 142 Å². The molecule has 0 radical (unpaired) electrons. The van der Waals surface area contributed by atoms with Crippen LogP contribution in [0.15, 0.2) is 36.7 Å². The van der Waals surface area contributed by atoms with Gasteiger partial charge < -0.3 is 9.84 Å². The van der Waals surface area contributed by atoms with Crippen LogP contribution in [-0.2, 0) is 0 Å². The number of rotatable bonds is 10. The maximum atomic E-state index is 10.8. The van der Waals surface area contributed by atoms with Crippen molar-refractivity contribution in [2.45, 2.75) is 45.4 Å². The highest BCUT2D eigenvalue weighted by Gasteiger charge is 2.06. The molecular formula is C19H24N2O3. The number of aromatic nitrogens is 2. The number of carbonyl (C=O) groups is 1. The van der Waals surface area contributed by atoms with Gasteiger partial charge in [0.15, 0.2) is 5.69 Å². The molecule has 0 spiro atoms. The van der Waals surface area contributed by atoms with Gasteiger partial charge in [-0.05, 0) is 30.7 Å². The first kappa shape index (κ1) is 17.9. The van der Waals surface area contributed by atoms with E-state index in [4.69, 9.17) is 9.84 Å². The summed E-state index contributed by atoms with van der Waals surface area (Å²) >= 11 is 0. The smallest absolute Gasteiger partial charge is 0.356 e. The molecule has 0 fully saturated rings. The molecule has 128 valence electrons. The average molecular weight is 328 g/mol. The zero-order valence-electron chi connectivity index (χ0n) is 14.1. The third-order valence-corrected chi connectivity index (χ3v) is 3.79. The number of nitrogens with zero attached hydrogens (tertiary/aromatic N) is 2. The van der Waals surface area contributed by atoms with E-state index in [-0.39, 0.29) is 5.69 Å². The zero-order valence-corrected chi connectivity index (χ0v) is 14.1. The number of hydrogen-bond donors (Lipinski definition) is 1. The van der Waals surface area contributed by atoms with Gasteiger partial charge in [0.05, 0.1) is 24.7 Å². The molecule has 0 saturated carbocycles. The summed E-state index contributed by atoms with van der Waals surface area (Å²) in [5, 5.41) is 8.83. The van der Waals surface area contributed by atoms with Crippen molar-refractivity contribution in [1.29, 1.82) is 0 Å². The number of ether oxygens (including phenoxy) is 1. The number of carboxylic acid groups (broad SMARTS) is 1. The number of aromatic carboxylic acids is 1. The predicted molar refractivity (Wildman–Crippen MR) is 93.3 cm³/mol. The van der Waals surface area contributed by atoms with Crippen LogP contribution in [0.25, 0.3) is 11.3 Å². The Morgan fingerprint density at radius 2 is 1.71 bits per heavy atom. The molecule has 5 nitrogen and oxygen atoms in total. The second-order valence-electron chi connectivity index (χ2n) is 5.73. The summed E-state index contributed by atoms with van der Waals surface area (Å²) in [5.41, 5.74) is 1.46. The van der Waals surface area contributed by atoms with Crippen LogP contribution >= 0.6 is 0 Å². The van der Waals surface area contributed by atoms with Gasteiger partial charge in [-0.2, -0.15) is 0 Å². The fourth-order valence-electron chi connectivity index (χ4n) is 2.38. The summed E-state index contributed by atoms with van der Waals surface area (Å²) in [6, 6.07) is 7.61. The van der Waals surface area contributed by atoms with Gasteiger partial charge in [-0.3, -0.25) is 4.98 Å². The molecule has 2 rings (SSSR count). The summed E-state index contributed by atoms with van der Waals surface area (Å²) < 4.78 is 5.74. The Bertz CT molecular complexity index is 624. The SMILES string of the molecule is CCCCCCCCOc1ccc(-c2cnc(C(=O)O)cn2)cc1. The highest BCUT2D eigenvalue weighted by atomic mass is 16.5. The Hall–Kier alpha value is -2.43.